The molecule has 0 aromatic heterocycles. The van der Waals surface area contributed by atoms with E-state index < -0.39 is 10.8 Å². The summed E-state index contributed by atoms with van der Waals surface area (Å²) in [5.41, 5.74) is 0. The van der Waals surface area contributed by atoms with E-state index in [9.17, 15) is 4.21 Å². The second kappa shape index (κ2) is 4.53. The van der Waals surface area contributed by atoms with Crippen LogP contribution in [0, 0.1) is 12.3 Å². The fourth-order valence-corrected chi connectivity index (χ4v) is 2.25. The summed E-state index contributed by atoms with van der Waals surface area (Å²) in [7, 11) is -0.560. The molecule has 1 heterocycles. The Morgan fingerprint density at radius 1 is 1.45 bits per heavy atom. The Kier molecular flexibility index (Phi) is 3.61. The van der Waals surface area contributed by atoms with E-state index in [0.717, 1.165) is 37.6 Å². The average Bonchev–Trinajstić information content (AvgIpc) is 2.04. The summed E-state index contributed by atoms with van der Waals surface area (Å²) in [6, 6.07) is 0. The van der Waals surface area contributed by atoms with E-state index >= 15 is 0 Å². The van der Waals surface area contributed by atoms with Crippen LogP contribution in [-0.4, -0.2) is 40.2 Å². The number of hydrogen-bond acceptors (Lipinski definition) is 2. The van der Waals surface area contributed by atoms with Crippen LogP contribution in [0.1, 0.15) is 6.42 Å². The molecule has 0 amide bonds. The van der Waals surface area contributed by atoms with Gasteiger partial charge in [-0.1, -0.05) is 0 Å². The summed E-state index contributed by atoms with van der Waals surface area (Å²) in [6.07, 6.45) is 5.95. The SMILES string of the molecule is C#CCCN1CCS(=O)CC1. The lowest BCUT2D eigenvalue weighted by molar-refractivity contribution is 0.307. The normalized spacial score (nSPS) is 21.4. The predicted octanol–water partition coefficient (Wildman–Crippen LogP) is 0.0740. The summed E-state index contributed by atoms with van der Waals surface area (Å²) >= 11 is 0. The lowest BCUT2D eigenvalue weighted by Gasteiger charge is -2.24. The third-order valence-corrected chi connectivity index (χ3v) is 3.12. The highest BCUT2D eigenvalue weighted by atomic mass is 32.2. The molecule has 0 aromatic carbocycles. The van der Waals surface area contributed by atoms with Gasteiger partial charge < -0.3 is 4.90 Å². The van der Waals surface area contributed by atoms with Crippen molar-refractivity contribution in [2.24, 2.45) is 0 Å². The Hall–Kier alpha value is -0.330. The topological polar surface area (TPSA) is 20.3 Å². The molecule has 11 heavy (non-hydrogen) atoms. The molecular weight excluding hydrogens is 158 g/mol. The van der Waals surface area contributed by atoms with E-state index in [1.807, 2.05) is 0 Å². The molecule has 0 bridgehead atoms. The molecule has 1 fully saturated rings. The van der Waals surface area contributed by atoms with Crippen molar-refractivity contribution in [3.05, 3.63) is 0 Å². The smallest absolute Gasteiger partial charge is 0.0363 e. The number of hydrogen-bond donors (Lipinski definition) is 0. The molecule has 0 unspecified atom stereocenters. The van der Waals surface area contributed by atoms with Gasteiger partial charge in [-0.05, 0) is 0 Å². The fourth-order valence-electron chi connectivity index (χ4n) is 1.12. The molecular formula is C8H13NOS. The highest BCUT2D eigenvalue weighted by Gasteiger charge is 2.13. The van der Waals surface area contributed by atoms with Crippen LogP contribution >= 0.6 is 0 Å². The molecule has 0 atom stereocenters. The van der Waals surface area contributed by atoms with Gasteiger partial charge in [-0.3, -0.25) is 4.21 Å². The highest BCUT2D eigenvalue weighted by Crippen LogP contribution is 1.99. The minimum absolute atomic E-state index is 0.560. The van der Waals surface area contributed by atoms with Crippen LogP contribution in [0.4, 0.5) is 0 Å². The summed E-state index contributed by atoms with van der Waals surface area (Å²) in [5, 5.41) is 0. The molecule has 1 aliphatic rings. The summed E-state index contributed by atoms with van der Waals surface area (Å²) in [5.74, 6) is 4.26. The van der Waals surface area contributed by atoms with Crippen LogP contribution in [0.5, 0.6) is 0 Å². The van der Waals surface area contributed by atoms with Crippen LogP contribution in [0.2, 0.25) is 0 Å². The van der Waals surface area contributed by atoms with Crippen molar-refractivity contribution in [3.8, 4) is 12.3 Å². The maximum Gasteiger partial charge on any atom is 0.0363 e. The van der Waals surface area contributed by atoms with Crippen LogP contribution < -0.4 is 0 Å². The number of terminal acetylenes is 1. The van der Waals surface area contributed by atoms with Gasteiger partial charge in [0.05, 0.1) is 0 Å². The first kappa shape index (κ1) is 8.76. The standard InChI is InChI=1S/C8H13NOS/c1-2-3-4-9-5-7-11(10)8-6-9/h1H,3-8H2. The molecule has 0 radical (unpaired) electrons. The molecule has 62 valence electrons. The first-order valence-corrected chi connectivity index (χ1v) is 5.32. The summed E-state index contributed by atoms with van der Waals surface area (Å²) in [4.78, 5) is 2.28. The lowest BCUT2D eigenvalue weighted by Crippen LogP contribution is -2.38. The zero-order valence-electron chi connectivity index (χ0n) is 6.58. The van der Waals surface area contributed by atoms with Crippen LogP contribution in [0.25, 0.3) is 0 Å². The van der Waals surface area contributed by atoms with Crippen LogP contribution in [0.15, 0.2) is 0 Å². The Balaban J connectivity index is 2.18. The maximum absolute atomic E-state index is 10.9. The summed E-state index contributed by atoms with van der Waals surface area (Å²) < 4.78 is 10.9. The predicted molar refractivity (Wildman–Crippen MR) is 47.8 cm³/mol. The molecule has 2 nitrogen and oxygen atoms in total. The zero-order chi connectivity index (χ0) is 8.10. The van der Waals surface area contributed by atoms with Gasteiger partial charge >= 0.3 is 0 Å². The molecule has 3 heteroatoms. The highest BCUT2D eigenvalue weighted by molar-refractivity contribution is 7.85. The molecule has 0 saturated carbocycles. The fraction of sp³-hybridized carbons (Fsp3) is 0.750. The van der Waals surface area contributed by atoms with Crippen molar-refractivity contribution >= 4 is 10.8 Å². The van der Waals surface area contributed by atoms with Crippen molar-refractivity contribution in [2.75, 3.05) is 31.1 Å². The van der Waals surface area contributed by atoms with Crippen molar-refractivity contribution in [1.82, 2.24) is 4.90 Å². The van der Waals surface area contributed by atoms with E-state index in [1.54, 1.807) is 0 Å². The van der Waals surface area contributed by atoms with E-state index in [2.05, 4.69) is 10.8 Å². The minimum Gasteiger partial charge on any atom is -0.301 e. The Labute approximate surface area is 70.4 Å². The third-order valence-electron chi connectivity index (χ3n) is 1.84. The quantitative estimate of drug-likeness (QED) is 0.548. The van der Waals surface area contributed by atoms with E-state index in [4.69, 9.17) is 6.42 Å². The monoisotopic (exact) mass is 171 g/mol. The summed E-state index contributed by atoms with van der Waals surface area (Å²) in [6.45, 7) is 2.87. The average molecular weight is 171 g/mol. The van der Waals surface area contributed by atoms with Gasteiger partial charge in [0.25, 0.3) is 0 Å². The molecule has 0 spiro atoms. The van der Waals surface area contributed by atoms with Crippen molar-refractivity contribution in [1.29, 1.82) is 0 Å². The van der Waals surface area contributed by atoms with E-state index in [0.29, 0.717) is 0 Å². The van der Waals surface area contributed by atoms with Gasteiger partial charge in [-0.15, -0.1) is 12.3 Å². The minimum atomic E-state index is -0.560. The first-order chi connectivity index (χ1) is 5.33. The van der Waals surface area contributed by atoms with Gasteiger partial charge in [0.15, 0.2) is 0 Å². The molecule has 0 N–H and O–H groups in total. The van der Waals surface area contributed by atoms with Crippen LogP contribution in [-0.2, 0) is 10.8 Å². The van der Waals surface area contributed by atoms with Crippen molar-refractivity contribution < 1.29 is 4.21 Å². The Morgan fingerprint density at radius 2 is 2.09 bits per heavy atom. The largest absolute Gasteiger partial charge is 0.301 e. The van der Waals surface area contributed by atoms with Crippen molar-refractivity contribution in [3.63, 3.8) is 0 Å². The zero-order valence-corrected chi connectivity index (χ0v) is 7.40. The third kappa shape index (κ3) is 3.04. The van der Waals surface area contributed by atoms with Gasteiger partial charge in [0.1, 0.15) is 0 Å². The van der Waals surface area contributed by atoms with Crippen LogP contribution in [0.3, 0.4) is 0 Å². The van der Waals surface area contributed by atoms with Gasteiger partial charge in [-0.25, -0.2) is 0 Å². The Bertz CT molecular complexity index is 175. The Morgan fingerprint density at radius 3 is 2.64 bits per heavy atom. The second-order valence-electron chi connectivity index (χ2n) is 2.64. The molecule has 1 aliphatic heterocycles. The number of nitrogens with zero attached hydrogens (tertiary/aromatic N) is 1. The molecule has 0 aromatic rings. The van der Waals surface area contributed by atoms with Gasteiger partial charge in [0, 0.05) is 48.4 Å². The van der Waals surface area contributed by atoms with Crippen molar-refractivity contribution in [2.45, 2.75) is 6.42 Å². The second-order valence-corrected chi connectivity index (χ2v) is 4.34. The molecule has 1 rings (SSSR count). The molecule has 1 saturated heterocycles. The van der Waals surface area contributed by atoms with Gasteiger partial charge in [0.2, 0.25) is 0 Å². The first-order valence-electron chi connectivity index (χ1n) is 3.83. The maximum atomic E-state index is 10.9. The number of rotatable bonds is 2. The van der Waals surface area contributed by atoms with E-state index in [-0.39, 0.29) is 0 Å². The van der Waals surface area contributed by atoms with E-state index in [1.165, 1.54) is 0 Å². The van der Waals surface area contributed by atoms with Gasteiger partial charge in [-0.2, -0.15) is 0 Å². The molecule has 0 aliphatic carbocycles. The lowest BCUT2D eigenvalue weighted by atomic mass is 10.4.